The average Bonchev–Trinajstić information content (AvgIpc) is 3.67. The van der Waals surface area contributed by atoms with E-state index in [0.717, 1.165) is 62.0 Å². The maximum absolute atomic E-state index is 13.1. The summed E-state index contributed by atoms with van der Waals surface area (Å²) >= 11 is 25.5. The van der Waals surface area contributed by atoms with Gasteiger partial charge in [-0.3, -0.25) is 34.0 Å². The molecule has 0 bridgehead atoms. The molecule has 4 heterocycles. The second kappa shape index (κ2) is 30.5. The number of ketones is 1. The van der Waals surface area contributed by atoms with E-state index in [4.69, 9.17) is 75.6 Å². The molecule has 0 unspecified atom stereocenters. The van der Waals surface area contributed by atoms with Crippen molar-refractivity contribution in [2.45, 2.75) is 19.3 Å². The van der Waals surface area contributed by atoms with Gasteiger partial charge in [-0.05, 0) is 55.0 Å². The largest absolute Gasteiger partial charge is 0.495 e. The van der Waals surface area contributed by atoms with E-state index in [0.29, 0.717) is 67.2 Å². The van der Waals surface area contributed by atoms with E-state index in [1.807, 2.05) is 53.4 Å². The zero-order valence-electron chi connectivity index (χ0n) is 47.3. The number of anilines is 10. The smallest absolute Gasteiger partial charge is 0.327 e. The molecule has 2 aliphatic rings. The number of urea groups is 2. The molecule has 0 saturated carbocycles. The molecule has 29 heteroatoms. The number of nitrogens with one attached hydrogen (secondary N) is 4. The molecular weight excluding hydrogens is 1190 g/mol. The molecule has 452 valence electrons. The number of amides is 4. The van der Waals surface area contributed by atoms with E-state index in [1.165, 1.54) is 63.0 Å². The number of halogens is 4. The molecule has 0 atom stereocenters. The van der Waals surface area contributed by atoms with Crippen LogP contribution in [0.2, 0.25) is 20.1 Å². The standard InChI is InChI=1S/C30H35Cl2N7O6.C26H29Cl2N7O5/c1-37(30(43)36-29-27(31)22(44-2)15-23(45-3)28(29)32)25-16-24(33-18-34-25)35-19-7-9-20(10-8-19)39-13-11-38(12-14-39)17-21(40)5-4-6-26(41)42;1-33(26(38)32-25-23(27)18(39-2)12-19(40-3)24(25)28)21-13-20(29-15-30-21)31-16-4-6-17(7-5-16)35-10-8-34(9-11-35)14-22(36)37/h7-10,15-16,18H,4-6,11-14,17H2,1-3H3,(H,36,43)(H,41,42)(H,33,34,35);4-7,12-13,15H,8-11,14H2,1-3H3,(H,32,38)(H,36,37)(H,29,30,31). The highest BCUT2D eigenvalue weighted by Gasteiger charge is 2.25. The van der Waals surface area contributed by atoms with Gasteiger partial charge in [-0.15, -0.1) is 0 Å². The molecule has 0 spiro atoms. The van der Waals surface area contributed by atoms with Crippen LogP contribution in [-0.4, -0.2) is 178 Å². The number of carbonyl (C=O) groups is 5. The molecule has 2 aromatic heterocycles. The van der Waals surface area contributed by atoms with Gasteiger partial charge in [0.25, 0.3) is 0 Å². The van der Waals surface area contributed by atoms with Gasteiger partial charge < -0.3 is 60.2 Å². The summed E-state index contributed by atoms with van der Waals surface area (Å²) in [5.41, 5.74) is 3.98. The van der Waals surface area contributed by atoms with Crippen LogP contribution >= 0.6 is 46.4 Å². The number of nitrogens with zero attached hydrogens (tertiary/aromatic N) is 10. The Morgan fingerprint density at radius 3 is 1.21 bits per heavy atom. The Morgan fingerprint density at radius 1 is 0.506 bits per heavy atom. The van der Waals surface area contributed by atoms with Crippen LogP contribution < -0.4 is 59.8 Å². The van der Waals surface area contributed by atoms with Crippen LogP contribution in [0, 0.1) is 0 Å². The molecule has 0 radical (unpaired) electrons. The van der Waals surface area contributed by atoms with Crippen LogP contribution in [0.1, 0.15) is 19.3 Å². The Balaban J connectivity index is 0.000000245. The Kier molecular flexibility index (Phi) is 23.0. The summed E-state index contributed by atoms with van der Waals surface area (Å²) in [7, 11) is 8.87. The molecule has 4 aromatic carbocycles. The van der Waals surface area contributed by atoms with Crippen LogP contribution in [0.3, 0.4) is 0 Å². The second-order valence-corrected chi connectivity index (χ2v) is 20.6. The third-order valence-corrected chi connectivity index (χ3v) is 15.1. The number of hydrogen-bond acceptors (Lipinski definition) is 19. The Morgan fingerprint density at radius 2 is 0.871 bits per heavy atom. The highest BCUT2D eigenvalue weighted by atomic mass is 35.5. The number of piperazine rings is 2. The van der Waals surface area contributed by atoms with Crippen molar-refractivity contribution < 1.29 is 53.1 Å². The fourth-order valence-corrected chi connectivity index (χ4v) is 10.1. The summed E-state index contributed by atoms with van der Waals surface area (Å²) in [6, 6.07) is 20.9. The average molecular weight is 1250 g/mol. The van der Waals surface area contributed by atoms with Crippen LogP contribution in [0.5, 0.6) is 23.0 Å². The summed E-state index contributed by atoms with van der Waals surface area (Å²) < 4.78 is 21.0. The van der Waals surface area contributed by atoms with Crippen molar-refractivity contribution in [1.29, 1.82) is 0 Å². The van der Waals surface area contributed by atoms with Crippen molar-refractivity contribution >= 4 is 134 Å². The van der Waals surface area contributed by atoms with Crippen LogP contribution in [-0.2, 0) is 14.4 Å². The molecule has 2 aliphatic heterocycles. The Bertz CT molecular complexity index is 3260. The van der Waals surface area contributed by atoms with Crippen molar-refractivity contribution in [2.24, 2.45) is 0 Å². The fourth-order valence-electron chi connectivity index (χ4n) is 8.87. The van der Waals surface area contributed by atoms with Crippen molar-refractivity contribution in [2.75, 3.05) is 149 Å². The Labute approximate surface area is 510 Å². The monoisotopic (exact) mass is 1250 g/mol. The maximum Gasteiger partial charge on any atom is 0.327 e. The number of carbonyl (C=O) groups excluding carboxylic acids is 3. The lowest BCUT2D eigenvalue weighted by molar-refractivity contribution is -0.139. The third-order valence-electron chi connectivity index (χ3n) is 13.6. The minimum absolute atomic E-state index is 0.0177. The number of carboxylic acids is 2. The van der Waals surface area contributed by atoms with E-state index < -0.39 is 24.0 Å². The number of carboxylic acid groups (broad SMARTS) is 2. The van der Waals surface area contributed by atoms with Gasteiger partial charge in [0.2, 0.25) is 0 Å². The molecule has 25 nitrogen and oxygen atoms in total. The number of rotatable bonds is 22. The van der Waals surface area contributed by atoms with Gasteiger partial charge in [-0.2, -0.15) is 0 Å². The zero-order chi connectivity index (χ0) is 61.3. The van der Waals surface area contributed by atoms with Gasteiger partial charge in [-0.25, -0.2) is 29.5 Å². The van der Waals surface area contributed by atoms with Crippen molar-refractivity contribution in [3.8, 4) is 23.0 Å². The Hall–Kier alpha value is -8.33. The highest BCUT2D eigenvalue weighted by molar-refractivity contribution is 6.42. The van der Waals surface area contributed by atoms with Gasteiger partial charge in [0.05, 0.1) is 52.9 Å². The molecule has 2 saturated heterocycles. The predicted octanol–water partition coefficient (Wildman–Crippen LogP) is 9.58. The quantitative estimate of drug-likeness (QED) is 0.0369. The lowest BCUT2D eigenvalue weighted by Gasteiger charge is -2.35. The summed E-state index contributed by atoms with van der Waals surface area (Å²) in [5.74, 6) is 1.16. The molecule has 8 rings (SSSR count). The molecule has 6 aromatic rings. The molecule has 2 fully saturated rings. The van der Waals surface area contributed by atoms with E-state index in [9.17, 15) is 24.0 Å². The normalized spacial score (nSPS) is 13.3. The van der Waals surface area contributed by atoms with E-state index in [-0.39, 0.29) is 61.7 Å². The summed E-state index contributed by atoms with van der Waals surface area (Å²) in [6.07, 6.45) is 3.38. The number of methoxy groups -OCH3 is 4. The number of aliphatic carboxylic acids is 2. The number of aromatic nitrogens is 4. The first-order valence-electron chi connectivity index (χ1n) is 26.4. The van der Waals surface area contributed by atoms with Crippen LogP contribution in [0.15, 0.2) is 85.5 Å². The van der Waals surface area contributed by atoms with Crippen LogP contribution in [0.25, 0.3) is 0 Å². The van der Waals surface area contributed by atoms with E-state index in [1.54, 1.807) is 26.2 Å². The molecule has 0 aliphatic carbocycles. The first-order chi connectivity index (χ1) is 40.8. The molecule has 4 amide bonds. The van der Waals surface area contributed by atoms with Gasteiger partial charge in [0.1, 0.15) is 84.8 Å². The fraction of sp³-hybridized carbons (Fsp3) is 0.339. The summed E-state index contributed by atoms with van der Waals surface area (Å²) in [4.78, 5) is 87.9. The van der Waals surface area contributed by atoms with Crippen LogP contribution in [0.4, 0.5) is 67.0 Å². The first-order valence-corrected chi connectivity index (χ1v) is 27.9. The number of ether oxygens (including phenoxy) is 4. The SMILES string of the molecule is COc1cc(OC)c(Cl)c(NC(=O)N(C)c2cc(Nc3ccc(N4CCN(CC(=O)CCCC(=O)O)CC4)cc3)ncn2)c1Cl.COc1cc(OC)c(Cl)c(NC(=O)N(C)c2cc(Nc3ccc(N4CCN(CC(=O)O)CC4)cc3)ncn2)c1Cl. The first kappa shape index (κ1) is 64.2. The molecular formula is C56H64Cl4N14O11. The summed E-state index contributed by atoms with van der Waals surface area (Å²) in [5, 5.41) is 30.1. The lowest BCUT2D eigenvalue weighted by atomic mass is 10.1. The number of hydrogen-bond donors (Lipinski definition) is 6. The van der Waals surface area contributed by atoms with Crippen molar-refractivity contribution in [3.05, 3.63) is 106 Å². The van der Waals surface area contributed by atoms with Crippen molar-refractivity contribution in [3.63, 3.8) is 0 Å². The third kappa shape index (κ3) is 17.4. The minimum atomic E-state index is -0.878. The van der Waals surface area contributed by atoms with Gasteiger partial charge in [0.15, 0.2) is 0 Å². The lowest BCUT2D eigenvalue weighted by Crippen LogP contribution is -2.48. The number of Topliss-reactive ketones (excluding diaryl/α,β-unsaturated/α-hetero) is 1. The molecule has 85 heavy (non-hydrogen) atoms. The van der Waals surface area contributed by atoms with Gasteiger partial charge in [-0.1, -0.05) is 46.4 Å². The van der Waals surface area contributed by atoms with E-state index in [2.05, 4.69) is 55.9 Å². The summed E-state index contributed by atoms with van der Waals surface area (Å²) in [6.45, 7) is 6.36. The molecule has 6 N–H and O–H groups in total. The van der Waals surface area contributed by atoms with Crippen molar-refractivity contribution in [1.82, 2.24) is 29.7 Å². The van der Waals surface area contributed by atoms with Gasteiger partial charge >= 0.3 is 24.0 Å². The highest BCUT2D eigenvalue weighted by Crippen LogP contribution is 2.45. The number of benzene rings is 4. The topological polar surface area (TPSA) is 282 Å². The van der Waals surface area contributed by atoms with Gasteiger partial charge in [0, 0.05) is 126 Å². The second-order valence-electron chi connectivity index (χ2n) is 19.1. The predicted molar refractivity (Wildman–Crippen MR) is 329 cm³/mol. The zero-order valence-corrected chi connectivity index (χ0v) is 50.4. The maximum atomic E-state index is 13.1. The minimum Gasteiger partial charge on any atom is -0.495 e. The van der Waals surface area contributed by atoms with E-state index >= 15 is 0 Å².